The molecule has 1 heteroatoms. The van der Waals surface area contributed by atoms with Crippen molar-refractivity contribution in [2.75, 3.05) is 0 Å². The Hall–Kier alpha value is -2.02. The highest BCUT2D eigenvalue weighted by molar-refractivity contribution is 5.22. The van der Waals surface area contributed by atoms with E-state index >= 15 is 0 Å². The van der Waals surface area contributed by atoms with E-state index in [1.807, 2.05) is 0 Å². The summed E-state index contributed by atoms with van der Waals surface area (Å²) < 4.78 is 22.2. The topological polar surface area (TPSA) is 4.93 Å². The van der Waals surface area contributed by atoms with Gasteiger partial charge in [0.15, 0.2) is 0 Å². The third-order valence-corrected chi connectivity index (χ3v) is 4.25. The second-order valence-corrected chi connectivity index (χ2v) is 8.91. The molecule has 28 heavy (non-hydrogen) atoms. The van der Waals surface area contributed by atoms with Gasteiger partial charge in [-0.3, -0.25) is 0 Å². The van der Waals surface area contributed by atoms with Gasteiger partial charge in [-0.25, -0.2) is 0 Å². The molecule has 0 fully saturated rings. The van der Waals surface area contributed by atoms with Gasteiger partial charge in [0.25, 0.3) is 0 Å². The smallest absolute Gasteiger partial charge is 0.0242 e. The monoisotopic (exact) mass is 393 g/mol. The molecule has 0 spiro atoms. The zero-order chi connectivity index (χ0) is 24.8. The first-order valence-electron chi connectivity index (χ1n) is 12.9. The molecule has 3 rings (SSSR count). The third-order valence-electron chi connectivity index (χ3n) is 4.25. The molecule has 1 aromatic carbocycles. The van der Waals surface area contributed by atoms with E-state index in [9.17, 15) is 0 Å². The van der Waals surface area contributed by atoms with Crippen molar-refractivity contribution in [2.45, 2.75) is 67.3 Å². The van der Waals surface area contributed by atoms with Gasteiger partial charge in [-0.15, -0.1) is 0 Å². The number of benzene rings is 1. The Morgan fingerprint density at radius 1 is 0.821 bits per heavy atom. The highest BCUT2D eigenvalue weighted by atomic mass is 14.9. The molecule has 162 valence electrons. The van der Waals surface area contributed by atoms with Crippen molar-refractivity contribution >= 4 is 0 Å². The average molecular weight is 394 g/mol. The van der Waals surface area contributed by atoms with E-state index in [0.717, 1.165) is 24.3 Å². The van der Waals surface area contributed by atoms with Gasteiger partial charge in [-0.2, -0.15) is 0 Å². The molecule has 0 N–H and O–H groups in total. The molecule has 0 saturated carbocycles. The van der Waals surface area contributed by atoms with Crippen LogP contribution in [0.3, 0.4) is 0 Å². The molecule has 1 nitrogen and oxygen atoms in total. The predicted octanol–water partition coefficient (Wildman–Crippen LogP) is 8.93. The normalized spacial score (nSPS) is 13.1. The third kappa shape index (κ3) is 12.4. The van der Waals surface area contributed by atoms with E-state index in [1.165, 1.54) is 24.8 Å². The zero-order valence-electron chi connectivity index (χ0n) is 22.9. The number of aromatic nitrogens is 1. The SMILES string of the molecule is CC(C)CC1=CC=CC1.CC(C)Cc1ccccc1.CC(C)Cn1cccc1.[2HH].[2HH].[2H][2H].[2H][2H]. The molecule has 0 radical (unpaired) electrons. The second kappa shape index (κ2) is 14.0. The summed E-state index contributed by atoms with van der Waals surface area (Å²) in [5.74, 6) is 2.33. The molecular weight excluding hydrogens is 338 g/mol. The van der Waals surface area contributed by atoms with Crippen LogP contribution in [0.2, 0.25) is 0 Å². The van der Waals surface area contributed by atoms with E-state index < -0.39 is 0 Å². The van der Waals surface area contributed by atoms with Crippen LogP contribution in [0.25, 0.3) is 0 Å². The van der Waals surface area contributed by atoms with Crippen LogP contribution in [0.4, 0.5) is 0 Å². The summed E-state index contributed by atoms with van der Waals surface area (Å²) in [5.41, 5.74) is 3.03. The minimum atomic E-state index is 0. The van der Waals surface area contributed by atoms with Gasteiger partial charge in [-0.05, 0) is 54.7 Å². The number of rotatable bonds is 6. The molecule has 0 amide bonds. The Morgan fingerprint density at radius 2 is 1.43 bits per heavy atom. The van der Waals surface area contributed by atoms with Gasteiger partial charge < -0.3 is 4.57 Å². The van der Waals surface area contributed by atoms with Crippen LogP contribution >= 0.6 is 0 Å². The van der Waals surface area contributed by atoms with E-state index in [-0.39, 0.29) is 2.85 Å². The van der Waals surface area contributed by atoms with Crippen LogP contribution in [-0.2, 0) is 13.0 Å². The van der Waals surface area contributed by atoms with Gasteiger partial charge in [0.1, 0.15) is 0 Å². The molecule has 0 atom stereocenters. The Bertz CT molecular complexity index is 680. The highest BCUT2D eigenvalue weighted by Gasteiger charge is 2.00. The average Bonchev–Trinajstić information content (AvgIpc) is 3.46. The number of hydrogen-bond acceptors (Lipinski definition) is 0. The number of nitrogens with zero attached hydrogens (tertiary/aromatic N) is 1. The lowest BCUT2D eigenvalue weighted by molar-refractivity contribution is 0.525. The zero-order valence-corrected chi connectivity index (χ0v) is 18.9. The van der Waals surface area contributed by atoms with Crippen LogP contribution < -0.4 is 0 Å². The molecular formula is C27H49N. The summed E-state index contributed by atoms with van der Waals surface area (Å²) in [4.78, 5) is 0. The van der Waals surface area contributed by atoms with E-state index in [4.69, 9.17) is 5.94 Å². The van der Waals surface area contributed by atoms with Crippen molar-refractivity contribution in [3.63, 3.8) is 0 Å². The van der Waals surface area contributed by atoms with Crippen molar-refractivity contribution in [1.29, 1.82) is 0 Å². The summed E-state index contributed by atoms with van der Waals surface area (Å²) in [6.07, 6.45) is 14.5. The molecule has 1 aliphatic carbocycles. The summed E-state index contributed by atoms with van der Waals surface area (Å²) in [5, 5.41) is 0. The van der Waals surface area contributed by atoms with E-state index in [2.05, 4.69) is 119 Å². The molecule has 1 heterocycles. The quantitative estimate of drug-likeness (QED) is 0.461. The standard InChI is InChI=1S/C10H14.C9H14.C8H13N.4H2/c1-9(2)8-10-6-4-3-5-7-10;2*1-8(2)7-9-5-3-4-6-9;;;;/h3-7,9H,8H2,1-2H3;3-5,8H,6-7H2,1-2H3;3-6,8H,7H2,1-2H3;4*1H/i;;;2*1+1D;2*1+1. The number of allylic oxidation sites excluding steroid dienone is 4. The maximum absolute atomic E-state index is 5.00. The lowest BCUT2D eigenvalue weighted by Crippen LogP contribution is -2.00. The maximum atomic E-state index is 5.00. The fourth-order valence-electron chi connectivity index (χ4n) is 3.17. The van der Waals surface area contributed by atoms with Crippen molar-refractivity contribution in [3.05, 3.63) is 84.2 Å². The van der Waals surface area contributed by atoms with Gasteiger partial charge in [0.05, 0.1) is 0 Å². The fourth-order valence-corrected chi connectivity index (χ4v) is 3.17. The van der Waals surface area contributed by atoms with Crippen molar-refractivity contribution < 1.29 is 8.79 Å². The van der Waals surface area contributed by atoms with Gasteiger partial charge in [-0.1, -0.05) is 95.7 Å². The number of hydrogen-bond donors (Lipinski definition) is 0. The first-order valence-corrected chi connectivity index (χ1v) is 10.9. The van der Waals surface area contributed by atoms with Crippen molar-refractivity contribution in [1.82, 2.24) is 4.57 Å². The van der Waals surface area contributed by atoms with Gasteiger partial charge >= 0.3 is 0 Å². The second-order valence-electron chi connectivity index (χ2n) is 8.91. The summed E-state index contributed by atoms with van der Waals surface area (Å²) in [7, 11) is 0. The first-order chi connectivity index (χ1) is 15.4. The minimum Gasteiger partial charge on any atom is -0.354 e. The van der Waals surface area contributed by atoms with E-state index in [1.54, 1.807) is 5.57 Å². The van der Waals surface area contributed by atoms with Crippen molar-refractivity contribution in [2.24, 2.45) is 17.8 Å². The fraction of sp³-hybridized carbons (Fsp3) is 0.481. The van der Waals surface area contributed by atoms with Crippen LogP contribution in [-0.4, -0.2) is 4.57 Å². The molecule has 2 aromatic rings. The first kappa shape index (κ1) is 20.7. The van der Waals surface area contributed by atoms with Crippen LogP contribution in [0, 0.1) is 17.8 Å². The molecule has 1 aromatic heterocycles. The van der Waals surface area contributed by atoms with E-state index in [0.29, 0.717) is 0 Å². The lowest BCUT2D eigenvalue weighted by atomic mass is 10.0. The van der Waals surface area contributed by atoms with Gasteiger partial charge in [0, 0.05) is 27.7 Å². The summed E-state index contributed by atoms with van der Waals surface area (Å²) in [6, 6.07) is 14.7. The van der Waals surface area contributed by atoms with Crippen LogP contribution in [0.1, 0.15) is 68.7 Å². The molecule has 1 aliphatic rings. The highest BCUT2D eigenvalue weighted by Crippen LogP contribution is 2.18. The summed E-state index contributed by atoms with van der Waals surface area (Å²) in [6.45, 7) is 14.6. The molecule has 0 bridgehead atoms. The Morgan fingerprint density at radius 3 is 1.89 bits per heavy atom. The largest absolute Gasteiger partial charge is 0.354 e. The molecule has 0 saturated heterocycles. The van der Waals surface area contributed by atoms with Gasteiger partial charge in [0.2, 0.25) is 0 Å². The summed E-state index contributed by atoms with van der Waals surface area (Å²) >= 11 is 0. The Labute approximate surface area is 183 Å². The Kier molecular flexibility index (Phi) is 10.4. The lowest BCUT2D eigenvalue weighted by Gasteiger charge is -2.04. The molecule has 0 unspecified atom stereocenters. The molecule has 0 aliphatic heterocycles. The van der Waals surface area contributed by atoms with Crippen molar-refractivity contribution in [3.8, 4) is 0 Å². The Balaban J connectivity index is -0.000000180. The van der Waals surface area contributed by atoms with Crippen LogP contribution in [0.5, 0.6) is 0 Å². The minimum absolute atomic E-state index is 0. The predicted molar refractivity (Wildman–Crippen MR) is 134 cm³/mol. The van der Waals surface area contributed by atoms with Crippen LogP contribution in [0.15, 0.2) is 78.7 Å². The maximum Gasteiger partial charge on any atom is 0.0242 e.